The SMILES string of the molecule is CCCCC(NC(=O)C(N)C(C)C)C(N)=O. The van der Waals surface area contributed by atoms with E-state index in [0.717, 1.165) is 12.8 Å². The number of primary amides is 1. The fourth-order valence-electron chi connectivity index (χ4n) is 1.26. The first-order valence-corrected chi connectivity index (χ1v) is 5.75. The molecule has 0 aromatic heterocycles. The van der Waals surface area contributed by atoms with E-state index in [9.17, 15) is 9.59 Å². The Hall–Kier alpha value is -1.10. The van der Waals surface area contributed by atoms with Gasteiger partial charge in [-0.15, -0.1) is 0 Å². The summed E-state index contributed by atoms with van der Waals surface area (Å²) in [6, 6.07) is -1.19. The van der Waals surface area contributed by atoms with Crippen LogP contribution in [0.25, 0.3) is 0 Å². The molecule has 5 nitrogen and oxygen atoms in total. The van der Waals surface area contributed by atoms with Crippen molar-refractivity contribution in [3.05, 3.63) is 0 Å². The number of rotatable bonds is 7. The minimum absolute atomic E-state index is 0.0414. The van der Waals surface area contributed by atoms with Crippen molar-refractivity contribution in [3.8, 4) is 0 Å². The fraction of sp³-hybridized carbons (Fsp3) is 0.818. The van der Waals surface area contributed by atoms with Crippen LogP contribution in [0.1, 0.15) is 40.0 Å². The predicted molar refractivity (Wildman–Crippen MR) is 63.5 cm³/mol. The molecule has 0 aliphatic rings. The van der Waals surface area contributed by atoms with Gasteiger partial charge < -0.3 is 16.8 Å². The largest absolute Gasteiger partial charge is 0.368 e. The molecule has 5 N–H and O–H groups in total. The molecule has 0 saturated heterocycles. The number of amides is 2. The first-order valence-electron chi connectivity index (χ1n) is 5.75. The van der Waals surface area contributed by atoms with Gasteiger partial charge in [0, 0.05) is 0 Å². The molecule has 0 saturated carbocycles. The molecule has 5 heteroatoms. The zero-order chi connectivity index (χ0) is 12.7. The van der Waals surface area contributed by atoms with Crippen molar-refractivity contribution in [1.82, 2.24) is 5.32 Å². The van der Waals surface area contributed by atoms with Gasteiger partial charge in [-0.3, -0.25) is 9.59 Å². The summed E-state index contributed by atoms with van der Waals surface area (Å²) in [7, 11) is 0. The van der Waals surface area contributed by atoms with Crippen LogP contribution < -0.4 is 16.8 Å². The predicted octanol–water partition coefficient (Wildman–Crippen LogP) is 0.130. The average Bonchev–Trinajstić information content (AvgIpc) is 2.21. The lowest BCUT2D eigenvalue weighted by atomic mass is 10.0. The number of hydrogen-bond acceptors (Lipinski definition) is 3. The van der Waals surface area contributed by atoms with Gasteiger partial charge in [0.1, 0.15) is 6.04 Å². The van der Waals surface area contributed by atoms with Crippen molar-refractivity contribution in [3.63, 3.8) is 0 Å². The second-order valence-corrected chi connectivity index (χ2v) is 4.38. The second-order valence-electron chi connectivity index (χ2n) is 4.38. The highest BCUT2D eigenvalue weighted by molar-refractivity contribution is 5.88. The van der Waals surface area contributed by atoms with E-state index in [2.05, 4.69) is 5.32 Å². The summed E-state index contributed by atoms with van der Waals surface area (Å²) in [5.74, 6) is -0.771. The molecule has 0 radical (unpaired) electrons. The second kappa shape index (κ2) is 7.22. The Morgan fingerprint density at radius 3 is 2.25 bits per heavy atom. The Labute approximate surface area is 96.9 Å². The average molecular weight is 229 g/mol. The molecule has 0 rings (SSSR count). The van der Waals surface area contributed by atoms with Gasteiger partial charge in [-0.2, -0.15) is 0 Å². The van der Waals surface area contributed by atoms with E-state index in [1.54, 1.807) is 0 Å². The summed E-state index contributed by atoms with van der Waals surface area (Å²) in [4.78, 5) is 22.7. The summed E-state index contributed by atoms with van der Waals surface area (Å²) < 4.78 is 0. The van der Waals surface area contributed by atoms with Crippen molar-refractivity contribution >= 4 is 11.8 Å². The Morgan fingerprint density at radius 1 is 1.31 bits per heavy atom. The smallest absolute Gasteiger partial charge is 0.240 e. The number of carbonyl (C=O) groups excluding carboxylic acids is 2. The Bertz CT molecular complexity index is 241. The van der Waals surface area contributed by atoms with Crippen molar-refractivity contribution in [2.24, 2.45) is 17.4 Å². The first kappa shape index (κ1) is 14.9. The van der Waals surface area contributed by atoms with E-state index in [-0.39, 0.29) is 11.8 Å². The monoisotopic (exact) mass is 229 g/mol. The Kier molecular flexibility index (Phi) is 6.72. The summed E-state index contributed by atoms with van der Waals surface area (Å²) in [5.41, 5.74) is 10.9. The number of nitrogens with two attached hydrogens (primary N) is 2. The third kappa shape index (κ3) is 5.11. The van der Waals surface area contributed by atoms with Crippen molar-refractivity contribution in [2.75, 3.05) is 0 Å². The molecule has 2 amide bonds. The van der Waals surface area contributed by atoms with Crippen molar-refractivity contribution < 1.29 is 9.59 Å². The Balaban J connectivity index is 4.28. The van der Waals surface area contributed by atoms with Crippen LogP contribution in [0.3, 0.4) is 0 Å². The molecule has 0 bridgehead atoms. The van der Waals surface area contributed by atoms with Gasteiger partial charge in [0.15, 0.2) is 0 Å². The van der Waals surface area contributed by atoms with Crippen LogP contribution in [0.2, 0.25) is 0 Å². The fourth-order valence-corrected chi connectivity index (χ4v) is 1.26. The zero-order valence-electron chi connectivity index (χ0n) is 10.3. The first-order chi connectivity index (χ1) is 7.40. The van der Waals surface area contributed by atoms with Crippen LogP contribution >= 0.6 is 0 Å². The van der Waals surface area contributed by atoms with Gasteiger partial charge in [0.05, 0.1) is 6.04 Å². The topological polar surface area (TPSA) is 98.2 Å². The number of carbonyl (C=O) groups is 2. The van der Waals surface area contributed by atoms with Crippen LogP contribution in [0, 0.1) is 5.92 Å². The molecule has 0 aliphatic heterocycles. The molecule has 2 unspecified atom stereocenters. The summed E-state index contributed by atoms with van der Waals surface area (Å²) in [6.45, 7) is 5.73. The van der Waals surface area contributed by atoms with Gasteiger partial charge in [-0.05, 0) is 12.3 Å². The van der Waals surface area contributed by atoms with Gasteiger partial charge in [0.2, 0.25) is 11.8 Å². The lowest BCUT2D eigenvalue weighted by Gasteiger charge is -2.20. The van der Waals surface area contributed by atoms with E-state index in [1.165, 1.54) is 0 Å². The van der Waals surface area contributed by atoms with E-state index in [4.69, 9.17) is 11.5 Å². The normalized spacial score (nSPS) is 14.6. The molecule has 2 atom stereocenters. The molecular weight excluding hydrogens is 206 g/mol. The maximum Gasteiger partial charge on any atom is 0.240 e. The van der Waals surface area contributed by atoms with E-state index in [0.29, 0.717) is 6.42 Å². The summed E-state index contributed by atoms with van der Waals surface area (Å²) in [5, 5.41) is 2.59. The number of nitrogens with one attached hydrogen (secondary N) is 1. The number of hydrogen-bond donors (Lipinski definition) is 3. The lowest BCUT2D eigenvalue weighted by Crippen LogP contribution is -2.51. The molecule has 0 aliphatic carbocycles. The molecule has 0 heterocycles. The molecular formula is C11H23N3O2. The van der Waals surface area contributed by atoms with Crippen LogP contribution in [0.4, 0.5) is 0 Å². The summed E-state index contributed by atoms with van der Waals surface area (Å²) >= 11 is 0. The number of unbranched alkanes of at least 4 members (excludes halogenated alkanes) is 1. The zero-order valence-corrected chi connectivity index (χ0v) is 10.3. The van der Waals surface area contributed by atoms with Gasteiger partial charge in [-0.25, -0.2) is 0 Å². The molecule has 0 fully saturated rings. The third-order valence-corrected chi connectivity index (χ3v) is 2.53. The van der Waals surface area contributed by atoms with Crippen molar-refractivity contribution in [2.45, 2.75) is 52.1 Å². The molecule has 0 spiro atoms. The van der Waals surface area contributed by atoms with Crippen LogP contribution in [-0.4, -0.2) is 23.9 Å². The highest BCUT2D eigenvalue weighted by atomic mass is 16.2. The highest BCUT2D eigenvalue weighted by Gasteiger charge is 2.22. The minimum atomic E-state index is -0.600. The van der Waals surface area contributed by atoms with Crippen molar-refractivity contribution in [1.29, 1.82) is 0 Å². The van der Waals surface area contributed by atoms with Crippen LogP contribution in [0.15, 0.2) is 0 Å². The van der Waals surface area contributed by atoms with E-state index in [1.807, 2.05) is 20.8 Å². The van der Waals surface area contributed by atoms with E-state index >= 15 is 0 Å². The molecule has 0 aromatic carbocycles. The maximum atomic E-state index is 11.6. The molecule has 94 valence electrons. The molecule has 16 heavy (non-hydrogen) atoms. The lowest BCUT2D eigenvalue weighted by molar-refractivity contribution is -0.128. The standard InChI is InChI=1S/C11H23N3O2/c1-4-5-6-8(10(13)15)14-11(16)9(12)7(2)3/h7-9H,4-6,12H2,1-3H3,(H2,13,15)(H,14,16). The van der Waals surface area contributed by atoms with Crippen LogP contribution in [-0.2, 0) is 9.59 Å². The van der Waals surface area contributed by atoms with Gasteiger partial charge in [0.25, 0.3) is 0 Å². The maximum absolute atomic E-state index is 11.6. The van der Waals surface area contributed by atoms with E-state index < -0.39 is 18.0 Å². The van der Waals surface area contributed by atoms with Gasteiger partial charge in [-0.1, -0.05) is 33.6 Å². The highest BCUT2D eigenvalue weighted by Crippen LogP contribution is 2.03. The quantitative estimate of drug-likeness (QED) is 0.578. The molecule has 0 aromatic rings. The summed E-state index contributed by atoms with van der Waals surface area (Å²) in [6.07, 6.45) is 2.38. The third-order valence-electron chi connectivity index (χ3n) is 2.53. The minimum Gasteiger partial charge on any atom is -0.368 e. The Morgan fingerprint density at radius 2 is 1.88 bits per heavy atom. The van der Waals surface area contributed by atoms with Gasteiger partial charge >= 0.3 is 0 Å². The van der Waals surface area contributed by atoms with Crippen LogP contribution in [0.5, 0.6) is 0 Å².